The number of hydrogen-bond acceptors (Lipinski definition) is 2. The van der Waals surface area contributed by atoms with Crippen molar-refractivity contribution < 1.29 is 18.0 Å². The van der Waals surface area contributed by atoms with Crippen molar-refractivity contribution in [3.8, 4) is 0 Å². The van der Waals surface area contributed by atoms with Crippen LogP contribution < -0.4 is 10.6 Å². The topological polar surface area (TPSA) is 54.0 Å². The molecule has 2 aromatic rings. The highest BCUT2D eigenvalue weighted by molar-refractivity contribution is 6.30. The Kier molecular flexibility index (Phi) is 4.32. The molecule has 2 N–H and O–H groups in total. The average molecular weight is 316 g/mol. The molecule has 8 heteroatoms. The number of nitrogens with one attached hydrogen (secondary N) is 2. The fraction of sp³-hybridized carbons (Fsp3) is 0.0769. The number of halogens is 4. The highest BCUT2D eigenvalue weighted by Crippen LogP contribution is 2.36. The van der Waals surface area contributed by atoms with Gasteiger partial charge in [-0.05, 0) is 30.3 Å². The maximum atomic E-state index is 12.9. The van der Waals surface area contributed by atoms with Crippen LogP contribution in [-0.4, -0.2) is 11.0 Å². The molecule has 1 heterocycles. The van der Waals surface area contributed by atoms with Crippen LogP contribution in [0.1, 0.15) is 5.56 Å². The third-order valence-corrected chi connectivity index (χ3v) is 2.71. The van der Waals surface area contributed by atoms with Crippen molar-refractivity contribution in [3.05, 3.63) is 53.3 Å². The first-order valence-corrected chi connectivity index (χ1v) is 6.09. The second-order valence-electron chi connectivity index (χ2n) is 4.00. The number of aromatic nitrogens is 1. The highest BCUT2D eigenvalue weighted by atomic mass is 35.5. The molecule has 0 aliphatic rings. The molecule has 0 atom stereocenters. The molecular weight excluding hydrogens is 307 g/mol. The summed E-state index contributed by atoms with van der Waals surface area (Å²) in [6.45, 7) is 0. The SMILES string of the molecule is O=C(Nc1ccncc1)Nc1ccc(Cl)cc1C(F)(F)F. The molecular formula is C13H9ClF3N3O. The Balaban J connectivity index is 2.18. The third-order valence-electron chi connectivity index (χ3n) is 2.47. The van der Waals surface area contributed by atoms with Gasteiger partial charge < -0.3 is 10.6 Å². The fourth-order valence-electron chi connectivity index (χ4n) is 1.58. The number of anilines is 2. The minimum Gasteiger partial charge on any atom is -0.308 e. The summed E-state index contributed by atoms with van der Waals surface area (Å²) in [5, 5.41) is 4.47. The first-order valence-electron chi connectivity index (χ1n) is 5.71. The van der Waals surface area contributed by atoms with Gasteiger partial charge >= 0.3 is 12.2 Å². The summed E-state index contributed by atoms with van der Waals surface area (Å²) in [6.07, 6.45) is -1.73. The van der Waals surface area contributed by atoms with Gasteiger partial charge in [0.25, 0.3) is 0 Å². The number of urea groups is 1. The first kappa shape index (κ1) is 15.1. The number of rotatable bonds is 2. The molecule has 1 aromatic carbocycles. The monoisotopic (exact) mass is 315 g/mol. The van der Waals surface area contributed by atoms with Gasteiger partial charge in [-0.25, -0.2) is 4.79 Å². The normalized spacial score (nSPS) is 11.0. The smallest absolute Gasteiger partial charge is 0.308 e. The number of benzene rings is 1. The van der Waals surface area contributed by atoms with E-state index in [4.69, 9.17) is 11.6 Å². The first-order chi connectivity index (χ1) is 9.86. The van der Waals surface area contributed by atoms with Crippen molar-refractivity contribution in [1.82, 2.24) is 4.98 Å². The van der Waals surface area contributed by atoms with Gasteiger partial charge in [0.2, 0.25) is 0 Å². The van der Waals surface area contributed by atoms with Gasteiger partial charge in [0.05, 0.1) is 11.3 Å². The van der Waals surface area contributed by atoms with E-state index < -0.39 is 17.8 Å². The maximum absolute atomic E-state index is 12.9. The molecule has 0 spiro atoms. The number of carbonyl (C=O) groups excluding carboxylic acids is 1. The van der Waals surface area contributed by atoms with Gasteiger partial charge in [0.15, 0.2) is 0 Å². The number of pyridine rings is 1. The molecule has 21 heavy (non-hydrogen) atoms. The summed E-state index contributed by atoms with van der Waals surface area (Å²) >= 11 is 5.55. The van der Waals surface area contributed by atoms with Gasteiger partial charge in [-0.2, -0.15) is 13.2 Å². The van der Waals surface area contributed by atoms with E-state index in [0.717, 1.165) is 12.1 Å². The van der Waals surface area contributed by atoms with Crippen LogP contribution in [-0.2, 0) is 6.18 Å². The minimum atomic E-state index is -4.62. The lowest BCUT2D eigenvalue weighted by Crippen LogP contribution is -2.21. The Morgan fingerprint density at radius 2 is 1.76 bits per heavy atom. The van der Waals surface area contributed by atoms with Gasteiger partial charge in [0, 0.05) is 23.1 Å². The molecule has 0 saturated carbocycles. The van der Waals surface area contributed by atoms with E-state index in [2.05, 4.69) is 15.6 Å². The molecule has 0 aliphatic carbocycles. The van der Waals surface area contributed by atoms with Crippen molar-refractivity contribution in [2.24, 2.45) is 0 Å². The summed E-state index contributed by atoms with van der Waals surface area (Å²) in [7, 11) is 0. The lowest BCUT2D eigenvalue weighted by molar-refractivity contribution is -0.136. The molecule has 0 radical (unpaired) electrons. The summed E-state index contributed by atoms with van der Waals surface area (Å²) in [5.74, 6) is 0. The Hall–Kier alpha value is -2.28. The molecule has 4 nitrogen and oxygen atoms in total. The molecule has 110 valence electrons. The molecule has 0 unspecified atom stereocenters. The Bertz CT molecular complexity index is 647. The Morgan fingerprint density at radius 1 is 1.10 bits per heavy atom. The van der Waals surface area contributed by atoms with E-state index in [-0.39, 0.29) is 10.7 Å². The molecule has 0 saturated heterocycles. The van der Waals surface area contributed by atoms with E-state index in [9.17, 15) is 18.0 Å². The average Bonchev–Trinajstić information content (AvgIpc) is 2.40. The zero-order valence-electron chi connectivity index (χ0n) is 10.4. The second-order valence-corrected chi connectivity index (χ2v) is 4.44. The highest BCUT2D eigenvalue weighted by Gasteiger charge is 2.34. The minimum absolute atomic E-state index is 0.0672. The summed E-state index contributed by atoms with van der Waals surface area (Å²) < 4.78 is 38.6. The molecule has 1 aromatic heterocycles. The van der Waals surface area contributed by atoms with Crippen molar-refractivity contribution in [2.75, 3.05) is 10.6 Å². The van der Waals surface area contributed by atoms with Crippen LogP contribution in [0.25, 0.3) is 0 Å². The molecule has 2 amide bonds. The third kappa shape index (κ3) is 4.09. The molecule has 0 fully saturated rings. The molecule has 2 rings (SSSR count). The Labute approximate surface area is 122 Å². The predicted molar refractivity (Wildman–Crippen MR) is 73.3 cm³/mol. The number of nitrogens with zero attached hydrogens (tertiary/aromatic N) is 1. The lowest BCUT2D eigenvalue weighted by atomic mass is 10.1. The van der Waals surface area contributed by atoms with E-state index in [1.165, 1.54) is 30.6 Å². The number of carbonyl (C=O) groups is 1. The van der Waals surface area contributed by atoms with Crippen molar-refractivity contribution in [1.29, 1.82) is 0 Å². The van der Waals surface area contributed by atoms with Gasteiger partial charge in [0.1, 0.15) is 0 Å². The number of amides is 2. The number of alkyl halides is 3. The van der Waals surface area contributed by atoms with E-state index >= 15 is 0 Å². The number of hydrogen-bond donors (Lipinski definition) is 2. The molecule has 0 bridgehead atoms. The van der Waals surface area contributed by atoms with Crippen LogP contribution in [0.2, 0.25) is 5.02 Å². The second kappa shape index (κ2) is 6.01. The van der Waals surface area contributed by atoms with Gasteiger partial charge in [-0.3, -0.25) is 4.98 Å². The zero-order valence-corrected chi connectivity index (χ0v) is 11.2. The summed E-state index contributed by atoms with van der Waals surface area (Å²) in [5.41, 5.74) is -0.983. The van der Waals surface area contributed by atoms with Crippen LogP contribution in [0.15, 0.2) is 42.7 Å². The maximum Gasteiger partial charge on any atom is 0.418 e. The van der Waals surface area contributed by atoms with E-state index in [0.29, 0.717) is 5.69 Å². The largest absolute Gasteiger partial charge is 0.418 e. The van der Waals surface area contributed by atoms with Crippen LogP contribution in [0.3, 0.4) is 0 Å². The van der Waals surface area contributed by atoms with Crippen LogP contribution in [0.5, 0.6) is 0 Å². The van der Waals surface area contributed by atoms with Crippen molar-refractivity contribution >= 4 is 29.0 Å². The fourth-order valence-corrected chi connectivity index (χ4v) is 1.75. The molecule has 0 aliphatic heterocycles. The quantitative estimate of drug-likeness (QED) is 0.863. The van der Waals surface area contributed by atoms with Crippen molar-refractivity contribution in [3.63, 3.8) is 0 Å². The van der Waals surface area contributed by atoms with Crippen molar-refractivity contribution in [2.45, 2.75) is 6.18 Å². The predicted octanol–water partition coefficient (Wildman–Crippen LogP) is 4.40. The van der Waals surface area contributed by atoms with Gasteiger partial charge in [-0.1, -0.05) is 11.6 Å². The zero-order chi connectivity index (χ0) is 15.5. The summed E-state index contributed by atoms with van der Waals surface area (Å²) in [4.78, 5) is 15.5. The van der Waals surface area contributed by atoms with Gasteiger partial charge in [-0.15, -0.1) is 0 Å². The van der Waals surface area contributed by atoms with Crippen LogP contribution in [0, 0.1) is 0 Å². The lowest BCUT2D eigenvalue weighted by Gasteiger charge is -2.14. The summed E-state index contributed by atoms with van der Waals surface area (Å²) in [6, 6.07) is 5.33. The van der Waals surface area contributed by atoms with E-state index in [1.54, 1.807) is 0 Å². The van der Waals surface area contributed by atoms with Crippen LogP contribution in [0.4, 0.5) is 29.3 Å². The van der Waals surface area contributed by atoms with E-state index in [1.807, 2.05) is 0 Å². The van der Waals surface area contributed by atoms with Crippen LogP contribution >= 0.6 is 11.6 Å². The Morgan fingerprint density at radius 3 is 2.38 bits per heavy atom. The standard InChI is InChI=1S/C13H9ClF3N3O/c14-8-1-2-11(10(7-8)13(15,16)17)20-12(21)19-9-3-5-18-6-4-9/h1-7H,(H2,18,19,20,21).